The largest absolute Gasteiger partial charge is 0.325 e. The molecule has 0 saturated carbocycles. The zero-order valence-electron chi connectivity index (χ0n) is 18.7. The van der Waals surface area contributed by atoms with Crippen molar-refractivity contribution >= 4 is 58.9 Å². The van der Waals surface area contributed by atoms with Gasteiger partial charge in [0.2, 0.25) is 15.9 Å². The van der Waals surface area contributed by atoms with E-state index in [1.54, 1.807) is 30.3 Å². The third-order valence-electron chi connectivity index (χ3n) is 4.88. The lowest BCUT2D eigenvalue weighted by molar-refractivity contribution is -0.114. The van der Waals surface area contributed by atoms with Crippen LogP contribution in [0.2, 0.25) is 0 Å². The maximum absolute atomic E-state index is 12.7. The molecule has 3 aromatic carbocycles. The minimum Gasteiger partial charge on any atom is -0.325 e. The fourth-order valence-corrected chi connectivity index (χ4v) is 5.44. The number of hydrogen-bond donors (Lipinski definition) is 2. The van der Waals surface area contributed by atoms with E-state index in [1.807, 2.05) is 26.0 Å². The van der Waals surface area contributed by atoms with Crippen LogP contribution in [0.5, 0.6) is 0 Å². The molecule has 0 bridgehead atoms. The quantitative estimate of drug-likeness (QED) is 0.423. The first-order valence-corrected chi connectivity index (χ1v) is 14.2. The molecule has 0 aromatic heterocycles. The summed E-state index contributed by atoms with van der Waals surface area (Å²) in [5.41, 5.74) is 2.99. The molecule has 0 aliphatic rings. The molecule has 34 heavy (non-hydrogen) atoms. The number of halogens is 1. The highest BCUT2D eigenvalue weighted by molar-refractivity contribution is 9.10. The van der Waals surface area contributed by atoms with Gasteiger partial charge >= 0.3 is 0 Å². The fourth-order valence-electron chi connectivity index (χ4n) is 3.19. The van der Waals surface area contributed by atoms with Gasteiger partial charge in [-0.15, -0.1) is 0 Å². The van der Waals surface area contributed by atoms with Gasteiger partial charge in [0.1, 0.15) is 6.54 Å². The molecule has 11 heteroatoms. The predicted molar refractivity (Wildman–Crippen MR) is 138 cm³/mol. The van der Waals surface area contributed by atoms with Crippen LogP contribution in [0.4, 0.5) is 17.1 Å². The van der Waals surface area contributed by atoms with Crippen molar-refractivity contribution < 1.29 is 21.6 Å². The number of nitrogens with one attached hydrogen (secondary N) is 2. The van der Waals surface area contributed by atoms with Gasteiger partial charge in [-0.2, -0.15) is 0 Å². The van der Waals surface area contributed by atoms with Crippen LogP contribution in [0.25, 0.3) is 0 Å². The van der Waals surface area contributed by atoms with Gasteiger partial charge in [0.25, 0.3) is 10.0 Å². The average molecular weight is 566 g/mol. The van der Waals surface area contributed by atoms with E-state index in [2.05, 4.69) is 26.0 Å². The van der Waals surface area contributed by atoms with Crippen LogP contribution < -0.4 is 14.3 Å². The Balaban J connectivity index is 1.71. The highest BCUT2D eigenvalue weighted by Gasteiger charge is 2.21. The summed E-state index contributed by atoms with van der Waals surface area (Å²) in [5.74, 6) is -0.572. The lowest BCUT2D eigenvalue weighted by Gasteiger charge is -2.22. The maximum Gasteiger partial charge on any atom is 0.261 e. The van der Waals surface area contributed by atoms with Crippen molar-refractivity contribution in [3.8, 4) is 0 Å². The van der Waals surface area contributed by atoms with Gasteiger partial charge in [-0.25, -0.2) is 16.8 Å². The Morgan fingerprint density at radius 3 is 2.09 bits per heavy atom. The monoisotopic (exact) mass is 565 g/mol. The van der Waals surface area contributed by atoms with Crippen molar-refractivity contribution in [1.29, 1.82) is 0 Å². The number of hydrogen-bond acceptors (Lipinski definition) is 5. The molecule has 0 unspecified atom stereocenters. The first-order chi connectivity index (χ1) is 15.8. The summed E-state index contributed by atoms with van der Waals surface area (Å²) < 4.78 is 54.2. The Hall–Kier alpha value is -2.89. The number of nitrogens with zero attached hydrogens (tertiary/aromatic N) is 1. The molecule has 0 aliphatic heterocycles. The van der Waals surface area contributed by atoms with Crippen molar-refractivity contribution in [3.63, 3.8) is 0 Å². The summed E-state index contributed by atoms with van der Waals surface area (Å²) >= 11 is 3.29. The number of carbonyl (C=O) groups is 1. The topological polar surface area (TPSA) is 113 Å². The van der Waals surface area contributed by atoms with Crippen molar-refractivity contribution in [2.24, 2.45) is 0 Å². The van der Waals surface area contributed by atoms with Crippen LogP contribution in [0.1, 0.15) is 11.1 Å². The number of amides is 1. The Morgan fingerprint density at radius 1 is 0.912 bits per heavy atom. The number of aryl methyl sites for hydroxylation is 2. The van der Waals surface area contributed by atoms with E-state index < -0.39 is 32.5 Å². The second kappa shape index (κ2) is 10.2. The van der Waals surface area contributed by atoms with Crippen LogP contribution in [0.15, 0.2) is 76.1 Å². The van der Waals surface area contributed by atoms with E-state index in [0.29, 0.717) is 17.1 Å². The number of anilines is 3. The first-order valence-electron chi connectivity index (χ1n) is 10.1. The lowest BCUT2D eigenvalue weighted by Crippen LogP contribution is -2.37. The lowest BCUT2D eigenvalue weighted by atomic mass is 10.1. The highest BCUT2D eigenvalue weighted by atomic mass is 79.9. The Bertz CT molecular complexity index is 1410. The molecule has 0 spiro atoms. The van der Waals surface area contributed by atoms with Gasteiger partial charge in [-0.3, -0.25) is 13.8 Å². The van der Waals surface area contributed by atoms with Crippen molar-refractivity contribution in [2.45, 2.75) is 18.7 Å². The van der Waals surface area contributed by atoms with Gasteiger partial charge in [-0.05, 0) is 74.0 Å². The van der Waals surface area contributed by atoms with Gasteiger partial charge in [0.15, 0.2) is 0 Å². The summed E-state index contributed by atoms with van der Waals surface area (Å²) in [7, 11) is -7.54. The zero-order chi connectivity index (χ0) is 25.1. The van der Waals surface area contributed by atoms with Crippen LogP contribution in [0, 0.1) is 13.8 Å². The number of carbonyl (C=O) groups excluding carboxylic acids is 1. The summed E-state index contributed by atoms with van der Waals surface area (Å²) in [6.45, 7) is 3.30. The van der Waals surface area contributed by atoms with Gasteiger partial charge in [0.05, 0.1) is 22.5 Å². The highest BCUT2D eigenvalue weighted by Crippen LogP contribution is 2.23. The van der Waals surface area contributed by atoms with E-state index in [9.17, 15) is 21.6 Å². The second-order valence-electron chi connectivity index (χ2n) is 7.74. The van der Waals surface area contributed by atoms with Gasteiger partial charge in [0, 0.05) is 10.2 Å². The molecule has 0 radical (unpaired) electrons. The van der Waals surface area contributed by atoms with Crippen LogP contribution in [0.3, 0.4) is 0 Å². The Morgan fingerprint density at radius 2 is 1.53 bits per heavy atom. The smallest absolute Gasteiger partial charge is 0.261 e. The fraction of sp³-hybridized carbons (Fsp3) is 0.174. The third-order valence-corrected chi connectivity index (χ3v) is 7.93. The molecule has 1 amide bonds. The molecule has 0 fully saturated rings. The summed E-state index contributed by atoms with van der Waals surface area (Å²) in [6, 6.07) is 17.5. The second-order valence-corrected chi connectivity index (χ2v) is 12.2. The van der Waals surface area contributed by atoms with E-state index in [-0.39, 0.29) is 4.90 Å². The minimum absolute atomic E-state index is 0.0260. The molecular formula is C23H24BrN3O5S2. The molecule has 0 saturated heterocycles. The molecule has 180 valence electrons. The Kier molecular flexibility index (Phi) is 7.69. The third kappa shape index (κ3) is 6.58. The Labute approximate surface area is 208 Å². The van der Waals surface area contributed by atoms with Crippen molar-refractivity contribution in [1.82, 2.24) is 0 Å². The molecule has 0 atom stereocenters. The van der Waals surface area contributed by atoms with E-state index in [4.69, 9.17) is 0 Å². The van der Waals surface area contributed by atoms with E-state index in [1.165, 1.54) is 24.3 Å². The van der Waals surface area contributed by atoms with Gasteiger partial charge in [-0.1, -0.05) is 33.6 Å². The molecule has 2 N–H and O–H groups in total. The van der Waals surface area contributed by atoms with Crippen molar-refractivity contribution in [2.75, 3.05) is 27.1 Å². The molecule has 3 aromatic rings. The molecule has 3 rings (SSSR count). The molecule has 0 aliphatic carbocycles. The number of rotatable bonds is 8. The molecule has 8 nitrogen and oxygen atoms in total. The van der Waals surface area contributed by atoms with E-state index >= 15 is 0 Å². The summed E-state index contributed by atoms with van der Waals surface area (Å²) in [4.78, 5) is 12.6. The van der Waals surface area contributed by atoms with Crippen LogP contribution >= 0.6 is 15.9 Å². The molecular weight excluding hydrogens is 542 g/mol. The first kappa shape index (κ1) is 25.7. The number of benzene rings is 3. The average Bonchev–Trinajstić information content (AvgIpc) is 2.74. The van der Waals surface area contributed by atoms with Crippen molar-refractivity contribution in [3.05, 3.63) is 82.3 Å². The zero-order valence-corrected chi connectivity index (χ0v) is 22.0. The standard InChI is InChI=1S/C23H24BrN3O5S2/c1-16-4-13-22(17(2)14-16)26-34(31,32)21-11-7-19(8-12-21)25-23(28)15-27(33(3,29)30)20-9-5-18(24)6-10-20/h4-14,26H,15H2,1-3H3,(H,25,28). The van der Waals surface area contributed by atoms with Crippen LogP contribution in [-0.2, 0) is 24.8 Å². The summed E-state index contributed by atoms with van der Waals surface area (Å²) in [5, 5.41) is 2.60. The normalized spacial score (nSPS) is 11.6. The predicted octanol–water partition coefficient (Wildman–Crippen LogP) is 4.27. The maximum atomic E-state index is 12.7. The molecule has 0 heterocycles. The van der Waals surface area contributed by atoms with Gasteiger partial charge < -0.3 is 5.32 Å². The summed E-state index contributed by atoms with van der Waals surface area (Å²) in [6.07, 6.45) is 1.02. The minimum atomic E-state index is -3.83. The number of sulfonamides is 2. The van der Waals surface area contributed by atoms with Crippen LogP contribution in [-0.4, -0.2) is 35.5 Å². The SMILES string of the molecule is Cc1ccc(NS(=O)(=O)c2ccc(NC(=O)CN(c3ccc(Br)cc3)S(C)(=O)=O)cc2)c(C)c1. The van der Waals surface area contributed by atoms with E-state index in [0.717, 1.165) is 26.2 Å².